The first-order chi connectivity index (χ1) is 11.3. The lowest BCUT2D eigenvalue weighted by Crippen LogP contribution is -2.45. The lowest BCUT2D eigenvalue weighted by molar-refractivity contribution is -0.144. The number of halogens is 1. The SMILES string of the molecule is CC1(C(=O)N2CCC(O)(Cc3ccc(F)cc3)C2)CCC(=O)CC1. The molecule has 1 atom stereocenters. The number of Topliss-reactive ketones (excluding diaryl/α,β-unsaturated/α-hetero) is 1. The molecule has 1 aliphatic heterocycles. The van der Waals surface area contributed by atoms with Crippen molar-refractivity contribution in [1.29, 1.82) is 0 Å². The molecule has 0 radical (unpaired) electrons. The maximum absolute atomic E-state index is 13.0. The Morgan fingerprint density at radius 1 is 1.21 bits per heavy atom. The molecule has 1 aromatic rings. The van der Waals surface area contributed by atoms with E-state index in [9.17, 15) is 19.1 Å². The first kappa shape index (κ1) is 17.1. The maximum atomic E-state index is 13.0. The van der Waals surface area contributed by atoms with Gasteiger partial charge in [0.15, 0.2) is 0 Å². The molecule has 0 bridgehead atoms. The number of carbonyl (C=O) groups excluding carboxylic acids is 2. The van der Waals surface area contributed by atoms with E-state index < -0.39 is 11.0 Å². The van der Waals surface area contributed by atoms with Crippen molar-refractivity contribution in [1.82, 2.24) is 4.90 Å². The first-order valence-corrected chi connectivity index (χ1v) is 8.58. The van der Waals surface area contributed by atoms with E-state index in [1.165, 1.54) is 12.1 Å². The number of carbonyl (C=O) groups is 2. The van der Waals surface area contributed by atoms with Gasteiger partial charge in [-0.15, -0.1) is 0 Å². The molecule has 130 valence electrons. The number of hydrogen-bond acceptors (Lipinski definition) is 3. The van der Waals surface area contributed by atoms with E-state index in [0.717, 1.165) is 5.56 Å². The highest BCUT2D eigenvalue weighted by Gasteiger charge is 2.45. The normalized spacial score (nSPS) is 26.6. The topological polar surface area (TPSA) is 57.6 Å². The summed E-state index contributed by atoms with van der Waals surface area (Å²) in [5.74, 6) is -0.0201. The van der Waals surface area contributed by atoms with Crippen molar-refractivity contribution in [3.05, 3.63) is 35.6 Å². The second kappa shape index (κ2) is 6.28. The summed E-state index contributed by atoms with van der Waals surface area (Å²) in [7, 11) is 0. The van der Waals surface area contributed by atoms with Crippen LogP contribution in [0, 0.1) is 11.2 Å². The van der Waals surface area contributed by atoms with Crippen LogP contribution in [0.25, 0.3) is 0 Å². The van der Waals surface area contributed by atoms with E-state index in [1.54, 1.807) is 17.0 Å². The second-order valence-corrected chi connectivity index (χ2v) is 7.60. The summed E-state index contributed by atoms with van der Waals surface area (Å²) in [6.07, 6.45) is 3.05. The number of amides is 1. The van der Waals surface area contributed by atoms with Gasteiger partial charge in [0.25, 0.3) is 0 Å². The van der Waals surface area contributed by atoms with Gasteiger partial charge in [-0.25, -0.2) is 4.39 Å². The van der Waals surface area contributed by atoms with Crippen molar-refractivity contribution in [3.8, 4) is 0 Å². The van der Waals surface area contributed by atoms with Crippen LogP contribution in [0.5, 0.6) is 0 Å². The van der Waals surface area contributed by atoms with Crippen molar-refractivity contribution in [2.24, 2.45) is 5.41 Å². The van der Waals surface area contributed by atoms with Crippen molar-refractivity contribution < 1.29 is 19.1 Å². The zero-order chi connectivity index (χ0) is 17.4. The molecule has 1 aliphatic carbocycles. The number of nitrogens with zero attached hydrogens (tertiary/aromatic N) is 1. The summed E-state index contributed by atoms with van der Waals surface area (Å²) in [5.41, 5.74) is -0.591. The summed E-state index contributed by atoms with van der Waals surface area (Å²) < 4.78 is 13.0. The van der Waals surface area contributed by atoms with Crippen LogP contribution < -0.4 is 0 Å². The monoisotopic (exact) mass is 333 g/mol. The predicted octanol–water partition coefficient (Wildman–Crippen LogP) is 2.48. The van der Waals surface area contributed by atoms with Gasteiger partial charge in [-0.1, -0.05) is 19.1 Å². The molecule has 5 heteroatoms. The fourth-order valence-corrected chi connectivity index (χ4v) is 3.83. The smallest absolute Gasteiger partial charge is 0.228 e. The first-order valence-electron chi connectivity index (χ1n) is 8.58. The van der Waals surface area contributed by atoms with Gasteiger partial charge >= 0.3 is 0 Å². The third kappa shape index (κ3) is 3.51. The van der Waals surface area contributed by atoms with Crippen LogP contribution in [-0.2, 0) is 16.0 Å². The summed E-state index contributed by atoms with van der Waals surface area (Å²) in [6.45, 7) is 2.76. The average Bonchev–Trinajstić information content (AvgIpc) is 2.94. The van der Waals surface area contributed by atoms with Gasteiger partial charge in [0, 0.05) is 37.8 Å². The van der Waals surface area contributed by atoms with Gasteiger partial charge in [-0.3, -0.25) is 9.59 Å². The largest absolute Gasteiger partial charge is 0.388 e. The van der Waals surface area contributed by atoms with E-state index in [2.05, 4.69) is 0 Å². The third-order valence-electron chi connectivity index (χ3n) is 5.49. The van der Waals surface area contributed by atoms with Crippen molar-refractivity contribution >= 4 is 11.7 Å². The maximum Gasteiger partial charge on any atom is 0.228 e. The molecule has 1 unspecified atom stereocenters. The summed E-state index contributed by atoms with van der Waals surface area (Å²) >= 11 is 0. The quantitative estimate of drug-likeness (QED) is 0.924. The molecular formula is C19H24FNO3. The Kier molecular flexibility index (Phi) is 4.47. The van der Waals surface area contributed by atoms with Crippen LogP contribution >= 0.6 is 0 Å². The Morgan fingerprint density at radius 2 is 1.83 bits per heavy atom. The lowest BCUT2D eigenvalue weighted by Gasteiger charge is -2.35. The predicted molar refractivity (Wildman–Crippen MR) is 87.8 cm³/mol. The van der Waals surface area contributed by atoms with Crippen LogP contribution in [0.3, 0.4) is 0 Å². The molecule has 1 amide bonds. The average molecular weight is 333 g/mol. The molecule has 0 aromatic heterocycles. The second-order valence-electron chi connectivity index (χ2n) is 7.60. The van der Waals surface area contributed by atoms with E-state index in [4.69, 9.17) is 0 Å². The fourth-order valence-electron chi connectivity index (χ4n) is 3.83. The highest BCUT2D eigenvalue weighted by molar-refractivity contribution is 5.87. The van der Waals surface area contributed by atoms with Crippen LogP contribution in [0.4, 0.5) is 4.39 Å². The minimum atomic E-state index is -0.964. The van der Waals surface area contributed by atoms with E-state index in [0.29, 0.717) is 51.6 Å². The molecule has 24 heavy (non-hydrogen) atoms. The molecule has 1 saturated carbocycles. The molecule has 3 rings (SSSR count). The number of likely N-dealkylation sites (tertiary alicyclic amines) is 1. The molecule has 4 nitrogen and oxygen atoms in total. The standard InChI is InChI=1S/C19H24FNO3/c1-18(8-6-16(22)7-9-18)17(23)21-11-10-19(24,13-21)12-14-2-4-15(20)5-3-14/h2-5,24H,6-13H2,1H3. The summed E-state index contributed by atoms with van der Waals surface area (Å²) in [5, 5.41) is 10.8. The van der Waals surface area contributed by atoms with Gasteiger partial charge in [-0.05, 0) is 37.0 Å². The molecule has 1 aromatic carbocycles. The molecule has 2 aliphatic rings. The van der Waals surface area contributed by atoms with Gasteiger partial charge in [0.2, 0.25) is 5.91 Å². The molecule has 1 N–H and O–H groups in total. The number of rotatable bonds is 3. The fraction of sp³-hybridized carbons (Fsp3) is 0.579. The Labute approximate surface area is 141 Å². The molecule has 1 heterocycles. The van der Waals surface area contributed by atoms with Gasteiger partial charge < -0.3 is 10.0 Å². The number of benzene rings is 1. The Bertz CT molecular complexity index is 633. The Morgan fingerprint density at radius 3 is 2.46 bits per heavy atom. The van der Waals surface area contributed by atoms with Gasteiger partial charge in [-0.2, -0.15) is 0 Å². The number of ketones is 1. The van der Waals surface area contributed by atoms with E-state index in [-0.39, 0.29) is 17.5 Å². The van der Waals surface area contributed by atoms with Gasteiger partial charge in [0.05, 0.1) is 5.60 Å². The highest BCUT2D eigenvalue weighted by atomic mass is 19.1. The third-order valence-corrected chi connectivity index (χ3v) is 5.49. The number of aliphatic hydroxyl groups is 1. The van der Waals surface area contributed by atoms with Crippen LogP contribution in [0.15, 0.2) is 24.3 Å². The minimum Gasteiger partial charge on any atom is -0.388 e. The van der Waals surface area contributed by atoms with Crippen LogP contribution in [0.2, 0.25) is 0 Å². The lowest BCUT2D eigenvalue weighted by atomic mass is 9.74. The summed E-state index contributed by atoms with van der Waals surface area (Å²) in [6, 6.07) is 6.12. The molecule has 2 fully saturated rings. The highest BCUT2D eigenvalue weighted by Crippen LogP contribution is 2.38. The van der Waals surface area contributed by atoms with Crippen LogP contribution in [0.1, 0.15) is 44.6 Å². The minimum absolute atomic E-state index is 0.0463. The molecule has 0 spiro atoms. The zero-order valence-electron chi connectivity index (χ0n) is 14.1. The van der Waals surface area contributed by atoms with E-state index >= 15 is 0 Å². The van der Waals surface area contributed by atoms with Gasteiger partial charge in [0.1, 0.15) is 11.6 Å². The molecule has 1 saturated heterocycles. The number of hydrogen-bond donors (Lipinski definition) is 1. The van der Waals surface area contributed by atoms with Crippen LogP contribution in [-0.4, -0.2) is 40.4 Å². The summed E-state index contributed by atoms with van der Waals surface area (Å²) in [4.78, 5) is 26.0. The zero-order valence-corrected chi connectivity index (χ0v) is 14.1. The van der Waals surface area contributed by atoms with E-state index in [1.807, 2.05) is 6.92 Å². The molecular weight excluding hydrogens is 309 g/mol. The van der Waals surface area contributed by atoms with Crippen molar-refractivity contribution in [2.45, 2.75) is 51.0 Å². The number of β-amino-alcohol motifs (C(OH)–C–C–N with tert-alkyl or cyclic N) is 1. The Hall–Kier alpha value is -1.75. The van der Waals surface area contributed by atoms with Crippen molar-refractivity contribution in [3.63, 3.8) is 0 Å². The van der Waals surface area contributed by atoms with Crippen molar-refractivity contribution in [2.75, 3.05) is 13.1 Å². The Balaban J connectivity index is 1.64.